The van der Waals surface area contributed by atoms with Crippen LogP contribution in [0.5, 0.6) is 23.0 Å². The Kier molecular flexibility index (Phi) is 5.38. The Morgan fingerprint density at radius 3 is 2.83 bits per heavy atom. The molecule has 0 bridgehead atoms. The predicted molar refractivity (Wildman–Crippen MR) is 104 cm³/mol. The highest BCUT2D eigenvalue weighted by Crippen LogP contribution is 2.52. The van der Waals surface area contributed by atoms with Gasteiger partial charge in [0.15, 0.2) is 23.3 Å². The van der Waals surface area contributed by atoms with E-state index < -0.39 is 17.8 Å². The number of hydrogen-bond donors (Lipinski definition) is 1. The predicted octanol–water partition coefficient (Wildman–Crippen LogP) is 2.54. The van der Waals surface area contributed by atoms with Crippen LogP contribution < -0.4 is 24.4 Å². The molecule has 1 atom stereocenters. The van der Waals surface area contributed by atoms with Crippen LogP contribution in [0.15, 0.2) is 40.6 Å². The monoisotopic (exact) mass is 415 g/mol. The molecule has 156 valence electrons. The van der Waals surface area contributed by atoms with Crippen molar-refractivity contribution in [3.05, 3.63) is 47.3 Å². The number of carbonyl (C=O) groups is 1. The van der Waals surface area contributed by atoms with Gasteiger partial charge in [0.05, 0.1) is 20.4 Å². The Bertz CT molecular complexity index is 1040. The third-order valence-corrected chi connectivity index (χ3v) is 4.57. The first-order valence-electron chi connectivity index (χ1n) is 8.97. The quantitative estimate of drug-likeness (QED) is 0.575. The van der Waals surface area contributed by atoms with Gasteiger partial charge in [-0.25, -0.2) is 9.82 Å². The van der Waals surface area contributed by atoms with Crippen LogP contribution in [-0.2, 0) is 9.63 Å². The van der Waals surface area contributed by atoms with Crippen LogP contribution in [0.1, 0.15) is 23.7 Å². The van der Waals surface area contributed by atoms with Crippen LogP contribution >= 0.6 is 0 Å². The lowest BCUT2D eigenvalue weighted by Crippen LogP contribution is -2.26. The molecule has 0 spiro atoms. The van der Waals surface area contributed by atoms with Gasteiger partial charge in [-0.2, -0.15) is 5.10 Å². The molecule has 0 fully saturated rings. The Hall–Kier alpha value is -3.82. The highest BCUT2D eigenvalue weighted by atomic mass is 19.1. The SMILES string of the molecule is COc1cc(C2CC(C(=O)N/N=C/c3ccccc3F)=NO2)c(OC)c2c1OCO2. The van der Waals surface area contributed by atoms with E-state index in [1.54, 1.807) is 18.2 Å². The molecule has 2 aromatic carbocycles. The smallest absolute Gasteiger partial charge is 0.289 e. The fourth-order valence-electron chi connectivity index (χ4n) is 3.12. The van der Waals surface area contributed by atoms with Crippen molar-refractivity contribution < 1.29 is 33.0 Å². The number of nitrogens with zero attached hydrogens (tertiary/aromatic N) is 2. The molecule has 2 aliphatic rings. The molecule has 1 amide bonds. The first-order valence-corrected chi connectivity index (χ1v) is 8.97. The number of rotatable bonds is 6. The molecular formula is C20H18FN3O6. The molecule has 2 aliphatic heterocycles. The summed E-state index contributed by atoms with van der Waals surface area (Å²) < 4.78 is 35.3. The topological polar surface area (TPSA) is 100.0 Å². The second-order valence-electron chi connectivity index (χ2n) is 6.32. The van der Waals surface area contributed by atoms with Gasteiger partial charge in [0, 0.05) is 17.5 Å². The average molecular weight is 415 g/mol. The van der Waals surface area contributed by atoms with Crippen molar-refractivity contribution in [2.45, 2.75) is 12.5 Å². The van der Waals surface area contributed by atoms with Gasteiger partial charge >= 0.3 is 0 Å². The minimum atomic E-state index is -0.598. The molecule has 2 aromatic rings. The molecule has 30 heavy (non-hydrogen) atoms. The third kappa shape index (κ3) is 3.59. The summed E-state index contributed by atoms with van der Waals surface area (Å²) in [7, 11) is 3.00. The molecule has 9 nitrogen and oxygen atoms in total. The highest BCUT2D eigenvalue weighted by molar-refractivity contribution is 6.39. The zero-order valence-electron chi connectivity index (χ0n) is 16.2. The second kappa shape index (κ2) is 8.27. The van der Waals surface area contributed by atoms with E-state index in [2.05, 4.69) is 15.7 Å². The Morgan fingerprint density at radius 2 is 2.07 bits per heavy atom. The summed E-state index contributed by atoms with van der Waals surface area (Å²) in [6.07, 6.45) is 0.784. The van der Waals surface area contributed by atoms with Gasteiger partial charge < -0.3 is 23.8 Å². The maximum absolute atomic E-state index is 13.6. The van der Waals surface area contributed by atoms with Gasteiger partial charge in [-0.15, -0.1) is 0 Å². The van der Waals surface area contributed by atoms with E-state index in [9.17, 15) is 9.18 Å². The molecular weight excluding hydrogens is 397 g/mol. The minimum absolute atomic E-state index is 0.0429. The van der Waals surface area contributed by atoms with E-state index in [1.165, 1.54) is 32.6 Å². The number of hydrazone groups is 1. The highest BCUT2D eigenvalue weighted by Gasteiger charge is 2.35. The van der Waals surface area contributed by atoms with E-state index in [4.69, 9.17) is 23.8 Å². The molecule has 0 aromatic heterocycles. The van der Waals surface area contributed by atoms with E-state index in [-0.39, 0.29) is 24.5 Å². The standard InChI is InChI=1S/C20H18FN3O6/c1-26-16-7-12(17(27-2)19-18(16)28-10-29-19)15-8-14(24-30-15)20(25)23-22-9-11-5-3-4-6-13(11)21/h3-7,9,15H,8,10H2,1-2H3,(H,23,25)/b22-9+. The van der Waals surface area contributed by atoms with E-state index in [1.807, 2.05) is 0 Å². The largest absolute Gasteiger partial charge is 0.493 e. The van der Waals surface area contributed by atoms with Gasteiger partial charge in [0.1, 0.15) is 5.82 Å². The molecule has 0 saturated carbocycles. The normalized spacial score (nSPS) is 16.9. The van der Waals surface area contributed by atoms with Crippen LogP contribution in [0.4, 0.5) is 4.39 Å². The summed E-state index contributed by atoms with van der Waals surface area (Å²) in [6.45, 7) is 0.0429. The molecule has 0 radical (unpaired) electrons. The van der Waals surface area contributed by atoms with Crippen LogP contribution in [0.25, 0.3) is 0 Å². The number of fused-ring (bicyclic) bond motifs is 1. The Morgan fingerprint density at radius 1 is 1.27 bits per heavy atom. The summed E-state index contributed by atoms with van der Waals surface area (Å²) >= 11 is 0. The number of hydrogen-bond acceptors (Lipinski definition) is 8. The number of carbonyl (C=O) groups excluding carboxylic acids is 1. The molecule has 0 saturated heterocycles. The number of ether oxygens (including phenoxy) is 4. The van der Waals surface area contributed by atoms with E-state index in [0.717, 1.165) is 0 Å². The van der Waals surface area contributed by atoms with Crippen LogP contribution in [0, 0.1) is 5.82 Å². The van der Waals surface area contributed by atoms with Gasteiger partial charge in [0.2, 0.25) is 18.3 Å². The average Bonchev–Trinajstić information content (AvgIpc) is 3.44. The molecule has 1 N–H and O–H groups in total. The zero-order chi connectivity index (χ0) is 21.1. The lowest BCUT2D eigenvalue weighted by Gasteiger charge is -2.16. The van der Waals surface area contributed by atoms with Gasteiger partial charge in [-0.05, 0) is 12.1 Å². The number of nitrogens with one attached hydrogen (secondary N) is 1. The van der Waals surface area contributed by atoms with Crippen molar-refractivity contribution in [3.63, 3.8) is 0 Å². The first kappa shape index (κ1) is 19.5. The number of oxime groups is 1. The van der Waals surface area contributed by atoms with Crippen LogP contribution in [-0.4, -0.2) is 38.8 Å². The summed E-state index contributed by atoms with van der Waals surface area (Å²) in [5.74, 6) is 0.718. The fraction of sp³-hybridized carbons (Fsp3) is 0.250. The molecule has 10 heteroatoms. The summed E-state index contributed by atoms with van der Waals surface area (Å²) in [4.78, 5) is 17.8. The molecule has 1 unspecified atom stereocenters. The molecule has 2 heterocycles. The van der Waals surface area contributed by atoms with E-state index >= 15 is 0 Å². The van der Waals surface area contributed by atoms with Gasteiger partial charge in [-0.3, -0.25) is 4.79 Å². The van der Waals surface area contributed by atoms with Gasteiger partial charge in [-0.1, -0.05) is 23.4 Å². The van der Waals surface area contributed by atoms with Crippen LogP contribution in [0.2, 0.25) is 0 Å². The van der Waals surface area contributed by atoms with Crippen molar-refractivity contribution in [3.8, 4) is 23.0 Å². The van der Waals surface area contributed by atoms with Gasteiger partial charge in [0.25, 0.3) is 5.91 Å². The number of benzene rings is 2. The fourth-order valence-corrected chi connectivity index (χ4v) is 3.12. The van der Waals surface area contributed by atoms with Crippen molar-refractivity contribution in [1.82, 2.24) is 5.43 Å². The number of methoxy groups -OCH3 is 2. The summed E-state index contributed by atoms with van der Waals surface area (Å²) in [6, 6.07) is 7.77. The second-order valence-corrected chi connectivity index (χ2v) is 6.32. The maximum Gasteiger partial charge on any atom is 0.289 e. The van der Waals surface area contributed by atoms with Crippen LogP contribution in [0.3, 0.4) is 0 Å². The molecule has 4 rings (SSSR count). The lowest BCUT2D eigenvalue weighted by molar-refractivity contribution is -0.114. The summed E-state index contributed by atoms with van der Waals surface area (Å²) in [5, 5.41) is 7.62. The zero-order valence-corrected chi connectivity index (χ0v) is 16.2. The van der Waals surface area contributed by atoms with Crippen molar-refractivity contribution in [2.75, 3.05) is 21.0 Å². The Balaban J connectivity index is 1.47. The Labute approximate surface area is 171 Å². The minimum Gasteiger partial charge on any atom is -0.493 e. The maximum atomic E-state index is 13.6. The van der Waals surface area contributed by atoms with E-state index in [0.29, 0.717) is 28.6 Å². The molecule has 0 aliphatic carbocycles. The first-order chi connectivity index (χ1) is 14.6. The van der Waals surface area contributed by atoms with Crippen molar-refractivity contribution in [1.29, 1.82) is 0 Å². The van der Waals surface area contributed by atoms with Crippen molar-refractivity contribution >= 4 is 17.8 Å². The number of halogens is 1. The summed E-state index contributed by atoms with van der Waals surface area (Å²) in [5.41, 5.74) is 3.29. The lowest BCUT2D eigenvalue weighted by atomic mass is 10.0. The third-order valence-electron chi connectivity index (χ3n) is 4.57. The van der Waals surface area contributed by atoms with Crippen molar-refractivity contribution in [2.24, 2.45) is 10.3 Å². The number of amides is 1.